The molecule has 2 aromatic rings. The maximum absolute atomic E-state index is 12.7. The Bertz CT molecular complexity index is 684. The van der Waals surface area contributed by atoms with Crippen LogP contribution in [0, 0.1) is 0 Å². The van der Waals surface area contributed by atoms with Crippen molar-refractivity contribution >= 4 is 23.5 Å². The number of rotatable bonds is 2. The minimum atomic E-state index is -4.90. The SMILES string of the molecule is FC(F)(F)c1cc(/N=C/c2ccc(Cl)cc2)cc(C(F)(F)F)c1. The second-order valence-corrected chi connectivity index (χ2v) is 5.01. The standard InChI is InChI=1S/C15H8ClF6N/c16-12-3-1-9(2-4-12)8-23-13-6-10(14(17,18)19)5-11(7-13)15(20,21)22/h1-8H/b23-8+. The summed E-state index contributed by atoms with van der Waals surface area (Å²) < 4.78 is 76.3. The van der Waals surface area contributed by atoms with Gasteiger partial charge in [0.2, 0.25) is 0 Å². The average molecular weight is 352 g/mol. The molecule has 8 heteroatoms. The van der Waals surface area contributed by atoms with Crippen LogP contribution in [0.2, 0.25) is 5.02 Å². The van der Waals surface area contributed by atoms with Crippen LogP contribution in [0.15, 0.2) is 47.5 Å². The summed E-state index contributed by atoms with van der Waals surface area (Å²) in [6.45, 7) is 0. The molecule has 0 aliphatic heterocycles. The molecule has 0 radical (unpaired) electrons. The first-order valence-corrected chi connectivity index (χ1v) is 6.52. The Hall–Kier alpha value is -2.02. The number of hydrogen-bond donors (Lipinski definition) is 0. The molecule has 122 valence electrons. The summed E-state index contributed by atoms with van der Waals surface area (Å²) in [6, 6.07) is 7.28. The van der Waals surface area contributed by atoms with Crippen molar-refractivity contribution in [1.82, 2.24) is 0 Å². The van der Waals surface area contributed by atoms with E-state index in [1.54, 1.807) is 0 Å². The van der Waals surface area contributed by atoms with Gasteiger partial charge in [-0.1, -0.05) is 23.7 Å². The topological polar surface area (TPSA) is 12.4 Å². The maximum atomic E-state index is 12.7. The molecule has 0 aliphatic rings. The van der Waals surface area contributed by atoms with Crippen LogP contribution in [0.4, 0.5) is 32.0 Å². The Labute approximate surface area is 132 Å². The van der Waals surface area contributed by atoms with E-state index >= 15 is 0 Å². The van der Waals surface area contributed by atoms with Crippen LogP contribution in [0.1, 0.15) is 16.7 Å². The lowest BCUT2D eigenvalue weighted by molar-refractivity contribution is -0.143. The zero-order valence-corrected chi connectivity index (χ0v) is 12.0. The normalized spacial score (nSPS) is 12.8. The summed E-state index contributed by atoms with van der Waals surface area (Å²) in [4.78, 5) is 3.69. The third-order valence-corrected chi connectivity index (χ3v) is 3.06. The number of hydrogen-bond acceptors (Lipinski definition) is 1. The van der Waals surface area contributed by atoms with Gasteiger partial charge in [-0.3, -0.25) is 4.99 Å². The van der Waals surface area contributed by atoms with Gasteiger partial charge in [0.25, 0.3) is 0 Å². The average Bonchev–Trinajstić information content (AvgIpc) is 2.44. The second kappa shape index (κ2) is 6.23. The largest absolute Gasteiger partial charge is 0.416 e. The lowest BCUT2D eigenvalue weighted by atomic mass is 10.1. The van der Waals surface area contributed by atoms with Gasteiger partial charge in [-0.15, -0.1) is 0 Å². The third kappa shape index (κ3) is 4.72. The minimum Gasteiger partial charge on any atom is -0.256 e. The molecule has 0 N–H and O–H groups in total. The fraction of sp³-hybridized carbons (Fsp3) is 0.133. The Kier molecular flexibility index (Phi) is 4.70. The molecule has 0 saturated carbocycles. The van der Waals surface area contributed by atoms with Crippen molar-refractivity contribution < 1.29 is 26.3 Å². The lowest BCUT2D eigenvalue weighted by Gasteiger charge is -2.12. The highest BCUT2D eigenvalue weighted by atomic mass is 35.5. The van der Waals surface area contributed by atoms with Crippen molar-refractivity contribution in [3.63, 3.8) is 0 Å². The molecule has 0 aromatic heterocycles. The first kappa shape index (κ1) is 17.3. The first-order chi connectivity index (χ1) is 10.6. The van der Waals surface area contributed by atoms with Crippen molar-refractivity contribution in [2.24, 2.45) is 4.99 Å². The van der Waals surface area contributed by atoms with E-state index in [0.29, 0.717) is 22.7 Å². The van der Waals surface area contributed by atoms with Gasteiger partial charge in [0.05, 0.1) is 16.8 Å². The molecular formula is C15H8ClF6N. The Balaban J connectivity index is 2.43. The Morgan fingerprint density at radius 1 is 0.783 bits per heavy atom. The molecule has 2 rings (SSSR count). The smallest absolute Gasteiger partial charge is 0.256 e. The van der Waals surface area contributed by atoms with Crippen LogP contribution < -0.4 is 0 Å². The van der Waals surface area contributed by atoms with Crippen LogP contribution >= 0.6 is 11.6 Å². The molecule has 0 aliphatic carbocycles. The summed E-state index contributed by atoms with van der Waals surface area (Å²) in [5, 5.41) is 0.445. The summed E-state index contributed by atoms with van der Waals surface area (Å²) in [6.07, 6.45) is -8.64. The summed E-state index contributed by atoms with van der Waals surface area (Å²) in [7, 11) is 0. The van der Waals surface area contributed by atoms with Gasteiger partial charge in [0, 0.05) is 11.2 Å². The van der Waals surface area contributed by atoms with E-state index in [1.165, 1.54) is 24.3 Å². The molecule has 23 heavy (non-hydrogen) atoms. The molecule has 0 heterocycles. The number of halogens is 7. The fourth-order valence-electron chi connectivity index (χ4n) is 1.71. The highest BCUT2D eigenvalue weighted by Crippen LogP contribution is 2.38. The Morgan fingerprint density at radius 2 is 1.26 bits per heavy atom. The highest BCUT2D eigenvalue weighted by Gasteiger charge is 2.36. The van der Waals surface area contributed by atoms with E-state index in [2.05, 4.69) is 4.99 Å². The monoisotopic (exact) mass is 351 g/mol. The fourth-order valence-corrected chi connectivity index (χ4v) is 1.84. The van der Waals surface area contributed by atoms with Gasteiger partial charge in [-0.25, -0.2) is 0 Å². The van der Waals surface area contributed by atoms with Crippen LogP contribution in [0.5, 0.6) is 0 Å². The number of benzene rings is 2. The van der Waals surface area contributed by atoms with E-state index < -0.39 is 29.2 Å². The van der Waals surface area contributed by atoms with Gasteiger partial charge in [0.15, 0.2) is 0 Å². The molecule has 2 aromatic carbocycles. The van der Waals surface area contributed by atoms with Crippen molar-refractivity contribution in [2.45, 2.75) is 12.4 Å². The van der Waals surface area contributed by atoms with Gasteiger partial charge in [-0.05, 0) is 35.9 Å². The van der Waals surface area contributed by atoms with Crippen molar-refractivity contribution in [1.29, 1.82) is 0 Å². The van der Waals surface area contributed by atoms with Crippen molar-refractivity contribution in [3.8, 4) is 0 Å². The third-order valence-electron chi connectivity index (χ3n) is 2.81. The molecule has 0 atom stereocenters. The molecule has 0 unspecified atom stereocenters. The molecule has 0 spiro atoms. The van der Waals surface area contributed by atoms with Gasteiger partial charge in [-0.2, -0.15) is 26.3 Å². The van der Waals surface area contributed by atoms with Gasteiger partial charge in [0.1, 0.15) is 0 Å². The first-order valence-electron chi connectivity index (χ1n) is 6.15. The predicted octanol–water partition coefficient (Wildman–Crippen LogP) is 6.13. The molecule has 0 fully saturated rings. The quantitative estimate of drug-likeness (QED) is 0.456. The molecule has 1 nitrogen and oxygen atoms in total. The lowest BCUT2D eigenvalue weighted by Crippen LogP contribution is -2.10. The maximum Gasteiger partial charge on any atom is 0.416 e. The second-order valence-electron chi connectivity index (χ2n) is 4.57. The number of nitrogens with zero attached hydrogens (tertiary/aromatic N) is 1. The Morgan fingerprint density at radius 3 is 1.70 bits per heavy atom. The van der Waals surface area contributed by atoms with Crippen LogP contribution in [0.25, 0.3) is 0 Å². The van der Waals surface area contributed by atoms with E-state index in [1.807, 2.05) is 0 Å². The zero-order valence-electron chi connectivity index (χ0n) is 11.2. The highest BCUT2D eigenvalue weighted by molar-refractivity contribution is 6.30. The number of alkyl halides is 6. The van der Waals surface area contributed by atoms with Crippen molar-refractivity contribution in [3.05, 3.63) is 64.2 Å². The summed E-state index contributed by atoms with van der Waals surface area (Å²) >= 11 is 5.68. The van der Waals surface area contributed by atoms with Gasteiger partial charge < -0.3 is 0 Å². The molecule has 0 saturated heterocycles. The van der Waals surface area contributed by atoms with E-state index in [4.69, 9.17) is 11.6 Å². The zero-order chi connectivity index (χ0) is 17.3. The van der Waals surface area contributed by atoms with E-state index in [9.17, 15) is 26.3 Å². The van der Waals surface area contributed by atoms with Crippen LogP contribution in [-0.2, 0) is 12.4 Å². The minimum absolute atomic E-state index is 0.0569. The van der Waals surface area contributed by atoms with Crippen molar-refractivity contribution in [2.75, 3.05) is 0 Å². The molecule has 0 bridgehead atoms. The predicted molar refractivity (Wildman–Crippen MR) is 75.2 cm³/mol. The van der Waals surface area contributed by atoms with Gasteiger partial charge >= 0.3 is 12.4 Å². The van der Waals surface area contributed by atoms with E-state index in [0.717, 1.165) is 6.21 Å². The molecular weight excluding hydrogens is 344 g/mol. The van der Waals surface area contributed by atoms with E-state index in [-0.39, 0.29) is 6.07 Å². The number of aliphatic imine (C=N–C) groups is 1. The molecule has 0 amide bonds. The van der Waals surface area contributed by atoms with Crippen LogP contribution in [-0.4, -0.2) is 6.21 Å². The summed E-state index contributed by atoms with van der Waals surface area (Å²) in [5.74, 6) is 0. The summed E-state index contributed by atoms with van der Waals surface area (Å²) in [5.41, 5.74) is -2.77. The van der Waals surface area contributed by atoms with Crippen LogP contribution in [0.3, 0.4) is 0 Å².